The van der Waals surface area contributed by atoms with Crippen molar-refractivity contribution in [3.63, 3.8) is 0 Å². The lowest BCUT2D eigenvalue weighted by Gasteiger charge is -2.12. The van der Waals surface area contributed by atoms with E-state index in [1.54, 1.807) is 42.6 Å². The number of pyridine rings is 1. The Balaban J connectivity index is 1.11. The molecule has 0 spiro atoms. The van der Waals surface area contributed by atoms with Gasteiger partial charge in [-0.3, -0.25) is 9.71 Å². The fraction of sp³-hybridized carbons (Fsp3) is 0.194. The summed E-state index contributed by atoms with van der Waals surface area (Å²) in [4.78, 5) is 8.47. The largest absolute Gasteiger partial charge is 0.573 e. The highest BCUT2D eigenvalue weighted by Gasteiger charge is 2.31. The number of ether oxygens (including phenoxy) is 1. The van der Waals surface area contributed by atoms with Crippen molar-refractivity contribution in [2.75, 3.05) is 17.8 Å². The van der Waals surface area contributed by atoms with Gasteiger partial charge in [-0.1, -0.05) is 35.5 Å². The van der Waals surface area contributed by atoms with Gasteiger partial charge in [0.1, 0.15) is 11.9 Å². The highest BCUT2D eigenvalue weighted by molar-refractivity contribution is 7.92. The summed E-state index contributed by atoms with van der Waals surface area (Å²) in [6.45, 7) is 0.986. The maximum atomic E-state index is 13.0. The Morgan fingerprint density at radius 3 is 2.29 bits per heavy atom. The lowest BCUT2D eigenvalue weighted by atomic mass is 10.1. The molecule has 3 aromatic carbocycles. The Hall–Kier alpha value is -4.79. The number of aromatic nitrogens is 3. The van der Waals surface area contributed by atoms with Gasteiger partial charge >= 0.3 is 6.36 Å². The highest BCUT2D eigenvalue weighted by Crippen LogP contribution is 2.25. The zero-order chi connectivity index (χ0) is 31.9. The van der Waals surface area contributed by atoms with E-state index in [2.05, 4.69) is 29.9 Å². The molecular formula is C31H28F3N5O5S. The highest BCUT2D eigenvalue weighted by atomic mass is 32.2. The molecule has 5 rings (SSSR count). The van der Waals surface area contributed by atoms with Crippen LogP contribution in [0.2, 0.25) is 0 Å². The molecule has 0 unspecified atom stereocenters. The standard InChI is InChI=1S/C31H28F3N5O5S/c32-31(33,34)43-25-12-6-22(7-13-25)19-29-37-30(38-44-29)23-8-14-26(15-9-23)45(41,42)39-24-10-4-21(5-11-24)16-18-35-20-28(40)27-3-1-2-17-36-27/h1-15,17,28,35,39-40H,16,18-20H2/t28-/m0/s1. The molecule has 10 nitrogen and oxygen atoms in total. The van der Waals surface area contributed by atoms with Crippen LogP contribution in [0.15, 0.2) is 107 Å². The third-order valence-electron chi connectivity index (χ3n) is 6.57. The van der Waals surface area contributed by atoms with Crippen LogP contribution in [0, 0.1) is 0 Å². The van der Waals surface area contributed by atoms with E-state index in [1.165, 1.54) is 36.4 Å². The van der Waals surface area contributed by atoms with Gasteiger partial charge in [-0.15, -0.1) is 13.2 Å². The summed E-state index contributed by atoms with van der Waals surface area (Å²) in [5.74, 6) is 0.127. The first kappa shape index (κ1) is 31.6. The number of anilines is 1. The number of benzene rings is 3. The van der Waals surface area contributed by atoms with Crippen molar-refractivity contribution < 1.29 is 36.0 Å². The number of halogens is 3. The number of alkyl halides is 3. The topological polar surface area (TPSA) is 139 Å². The van der Waals surface area contributed by atoms with Crippen LogP contribution in [-0.2, 0) is 22.9 Å². The minimum atomic E-state index is -4.77. The van der Waals surface area contributed by atoms with E-state index in [0.29, 0.717) is 42.0 Å². The van der Waals surface area contributed by atoms with Crippen molar-refractivity contribution in [2.24, 2.45) is 0 Å². The molecule has 234 valence electrons. The summed E-state index contributed by atoms with van der Waals surface area (Å²) >= 11 is 0. The monoisotopic (exact) mass is 639 g/mol. The normalized spacial score (nSPS) is 12.5. The van der Waals surface area contributed by atoms with Gasteiger partial charge in [0.05, 0.1) is 17.0 Å². The summed E-state index contributed by atoms with van der Waals surface area (Å²) in [5, 5.41) is 17.3. The number of rotatable bonds is 13. The molecule has 14 heteroatoms. The second-order valence-electron chi connectivity index (χ2n) is 9.93. The molecule has 0 saturated carbocycles. The quantitative estimate of drug-likeness (QED) is 0.147. The van der Waals surface area contributed by atoms with E-state index < -0.39 is 22.5 Å². The SMILES string of the molecule is O=S(=O)(Nc1ccc(CCNC[C@H](O)c2ccccn2)cc1)c1ccc(-c2noc(Cc3ccc(OC(F)(F)F)cc3)n2)cc1. The van der Waals surface area contributed by atoms with Gasteiger partial charge in [-0.05, 0) is 84.8 Å². The Labute approximate surface area is 257 Å². The van der Waals surface area contributed by atoms with Gasteiger partial charge in [0, 0.05) is 24.0 Å². The third kappa shape index (κ3) is 9.11. The van der Waals surface area contributed by atoms with Crippen molar-refractivity contribution in [1.29, 1.82) is 0 Å². The van der Waals surface area contributed by atoms with Crippen LogP contribution < -0.4 is 14.8 Å². The molecule has 2 heterocycles. The second kappa shape index (κ2) is 13.9. The first-order valence-electron chi connectivity index (χ1n) is 13.7. The molecule has 0 saturated heterocycles. The van der Waals surface area contributed by atoms with Crippen LogP contribution in [0.25, 0.3) is 11.4 Å². The number of hydrogen-bond donors (Lipinski definition) is 3. The van der Waals surface area contributed by atoms with Gasteiger partial charge in [-0.2, -0.15) is 4.98 Å². The van der Waals surface area contributed by atoms with E-state index in [1.807, 2.05) is 18.2 Å². The van der Waals surface area contributed by atoms with E-state index in [-0.39, 0.29) is 28.8 Å². The molecule has 45 heavy (non-hydrogen) atoms. The van der Waals surface area contributed by atoms with Gasteiger partial charge in [0.15, 0.2) is 0 Å². The van der Waals surface area contributed by atoms with Crippen LogP contribution in [0.4, 0.5) is 18.9 Å². The minimum absolute atomic E-state index is 0.0378. The van der Waals surface area contributed by atoms with Crippen LogP contribution in [0.1, 0.15) is 28.8 Å². The summed E-state index contributed by atoms with van der Waals surface area (Å²) in [7, 11) is -3.87. The van der Waals surface area contributed by atoms with E-state index in [4.69, 9.17) is 4.52 Å². The molecule has 0 aliphatic rings. The van der Waals surface area contributed by atoms with Gasteiger partial charge < -0.3 is 19.7 Å². The smallest absolute Gasteiger partial charge is 0.406 e. The van der Waals surface area contributed by atoms with Crippen molar-refractivity contribution in [3.8, 4) is 17.1 Å². The maximum absolute atomic E-state index is 13.0. The van der Waals surface area contributed by atoms with Crippen LogP contribution >= 0.6 is 0 Å². The summed E-state index contributed by atoms with van der Waals surface area (Å²) in [6.07, 6.45) is -2.98. The average molecular weight is 640 g/mol. The zero-order valence-electron chi connectivity index (χ0n) is 23.6. The Bertz CT molecular complexity index is 1780. The molecule has 0 aliphatic carbocycles. The average Bonchev–Trinajstić information content (AvgIpc) is 3.49. The lowest BCUT2D eigenvalue weighted by Crippen LogP contribution is -2.24. The first-order chi connectivity index (χ1) is 21.5. The van der Waals surface area contributed by atoms with E-state index >= 15 is 0 Å². The second-order valence-corrected chi connectivity index (χ2v) is 11.6. The molecule has 1 atom stereocenters. The Morgan fingerprint density at radius 2 is 1.62 bits per heavy atom. The number of sulfonamides is 1. The fourth-order valence-corrected chi connectivity index (χ4v) is 5.37. The summed E-state index contributed by atoms with van der Waals surface area (Å²) in [6, 6.07) is 23.6. The van der Waals surface area contributed by atoms with Crippen molar-refractivity contribution in [1.82, 2.24) is 20.4 Å². The molecule has 0 fully saturated rings. The van der Waals surface area contributed by atoms with Crippen molar-refractivity contribution in [2.45, 2.75) is 30.2 Å². The molecule has 2 aromatic heterocycles. The maximum Gasteiger partial charge on any atom is 0.573 e. The number of nitrogens with zero attached hydrogens (tertiary/aromatic N) is 3. The van der Waals surface area contributed by atoms with Crippen LogP contribution in [-0.4, -0.2) is 48.1 Å². The predicted molar refractivity (Wildman–Crippen MR) is 159 cm³/mol. The van der Waals surface area contributed by atoms with Gasteiger partial charge in [-0.25, -0.2) is 8.42 Å². The molecule has 0 radical (unpaired) electrons. The minimum Gasteiger partial charge on any atom is -0.406 e. The number of aliphatic hydroxyl groups is 1. The van der Waals surface area contributed by atoms with Crippen LogP contribution in [0.5, 0.6) is 5.75 Å². The molecule has 0 bridgehead atoms. The van der Waals surface area contributed by atoms with Crippen molar-refractivity contribution >= 4 is 15.7 Å². The van der Waals surface area contributed by atoms with Gasteiger partial charge in [0.2, 0.25) is 11.7 Å². The molecule has 0 aliphatic heterocycles. The molecular weight excluding hydrogens is 611 g/mol. The number of aliphatic hydroxyl groups excluding tert-OH is 1. The van der Waals surface area contributed by atoms with Gasteiger partial charge in [0.25, 0.3) is 10.0 Å². The first-order valence-corrected chi connectivity index (χ1v) is 15.2. The lowest BCUT2D eigenvalue weighted by molar-refractivity contribution is -0.274. The fourth-order valence-electron chi connectivity index (χ4n) is 4.31. The number of hydrogen-bond acceptors (Lipinski definition) is 9. The summed E-state index contributed by atoms with van der Waals surface area (Å²) < 4.78 is 74.7. The molecule has 5 aromatic rings. The third-order valence-corrected chi connectivity index (χ3v) is 7.96. The number of nitrogens with one attached hydrogen (secondary N) is 2. The van der Waals surface area contributed by atoms with Crippen molar-refractivity contribution in [3.05, 3.63) is 120 Å². The predicted octanol–water partition coefficient (Wildman–Crippen LogP) is 5.29. The van der Waals surface area contributed by atoms with Crippen LogP contribution in [0.3, 0.4) is 0 Å². The molecule has 3 N–H and O–H groups in total. The van der Waals surface area contributed by atoms with E-state index in [9.17, 15) is 26.7 Å². The molecule has 0 amide bonds. The summed E-state index contributed by atoms with van der Waals surface area (Å²) in [5.41, 5.74) is 3.15. The Morgan fingerprint density at radius 1 is 0.911 bits per heavy atom. The Kier molecular flexibility index (Phi) is 9.76. The van der Waals surface area contributed by atoms with E-state index in [0.717, 1.165) is 5.56 Å². The zero-order valence-corrected chi connectivity index (χ0v) is 24.4.